The molecule has 0 unspecified atom stereocenters. The van der Waals surface area contributed by atoms with Crippen molar-refractivity contribution in [2.45, 2.75) is 70.2 Å². The van der Waals surface area contributed by atoms with Gasteiger partial charge in [-0.1, -0.05) is 36.4 Å². The molecular formula is C32H44N4O6. The number of rotatable bonds is 11. The van der Waals surface area contributed by atoms with E-state index in [1.165, 1.54) is 38.8 Å². The quantitative estimate of drug-likeness (QED) is 0.343. The molecule has 0 aliphatic carbocycles. The number of carbonyl (C=O) groups excluding carboxylic acids is 2. The second kappa shape index (κ2) is 14.9. The third kappa shape index (κ3) is 8.29. The highest BCUT2D eigenvalue weighted by Gasteiger charge is 2.36. The maximum Gasteiger partial charge on any atom is 0.325 e. The number of aliphatic hydroxyl groups excluding tert-OH is 1. The topological polar surface area (TPSA) is 113 Å². The summed E-state index contributed by atoms with van der Waals surface area (Å²) in [6.07, 6.45) is 5.11. The molecule has 42 heavy (non-hydrogen) atoms. The van der Waals surface area contributed by atoms with Gasteiger partial charge in [-0.05, 0) is 75.5 Å². The largest absolute Gasteiger partial charge is 0.465 e. The fourth-order valence-corrected chi connectivity index (χ4v) is 6.16. The van der Waals surface area contributed by atoms with Crippen molar-refractivity contribution in [1.82, 2.24) is 15.1 Å². The Balaban J connectivity index is 1.25. The lowest BCUT2D eigenvalue weighted by atomic mass is 9.99. The Morgan fingerprint density at radius 2 is 1.69 bits per heavy atom. The third-order valence-electron chi connectivity index (χ3n) is 8.36. The minimum absolute atomic E-state index is 0.00287. The first kappa shape index (κ1) is 30.4. The minimum atomic E-state index is -0.558. The van der Waals surface area contributed by atoms with Gasteiger partial charge in [-0.2, -0.15) is 0 Å². The van der Waals surface area contributed by atoms with Crippen LogP contribution in [0.1, 0.15) is 68.1 Å². The fraction of sp³-hybridized carbons (Fsp3) is 0.562. The van der Waals surface area contributed by atoms with E-state index >= 15 is 0 Å². The molecule has 3 heterocycles. The molecule has 228 valence electrons. The van der Waals surface area contributed by atoms with Crippen LogP contribution in [0.25, 0.3) is 0 Å². The molecule has 0 radical (unpaired) electrons. The Morgan fingerprint density at radius 3 is 2.40 bits per heavy atom. The number of benzene rings is 2. The van der Waals surface area contributed by atoms with Gasteiger partial charge < -0.3 is 34.9 Å². The summed E-state index contributed by atoms with van der Waals surface area (Å²) in [7, 11) is 0. The maximum absolute atomic E-state index is 12.2. The number of amides is 2. The monoisotopic (exact) mass is 580 g/mol. The van der Waals surface area contributed by atoms with Gasteiger partial charge in [-0.15, -0.1) is 0 Å². The lowest BCUT2D eigenvalue weighted by Gasteiger charge is -2.39. The number of urea groups is 1. The van der Waals surface area contributed by atoms with Crippen molar-refractivity contribution >= 4 is 17.7 Å². The van der Waals surface area contributed by atoms with Gasteiger partial charge in [0.05, 0.1) is 25.4 Å². The van der Waals surface area contributed by atoms with Crippen LogP contribution in [0, 0.1) is 0 Å². The summed E-state index contributed by atoms with van der Waals surface area (Å²) in [5, 5.41) is 14.7. The van der Waals surface area contributed by atoms with E-state index in [4.69, 9.17) is 14.2 Å². The molecule has 3 fully saturated rings. The molecule has 10 heteroatoms. The van der Waals surface area contributed by atoms with Gasteiger partial charge in [-0.25, -0.2) is 4.79 Å². The van der Waals surface area contributed by atoms with Gasteiger partial charge in [0.15, 0.2) is 6.29 Å². The van der Waals surface area contributed by atoms with E-state index in [9.17, 15) is 14.7 Å². The van der Waals surface area contributed by atoms with Crippen LogP contribution < -0.4 is 10.6 Å². The molecule has 3 aliphatic heterocycles. The average Bonchev–Trinajstić information content (AvgIpc) is 3.69. The number of esters is 1. The van der Waals surface area contributed by atoms with E-state index in [1.807, 2.05) is 36.4 Å². The van der Waals surface area contributed by atoms with Gasteiger partial charge in [0.2, 0.25) is 0 Å². The van der Waals surface area contributed by atoms with Crippen LogP contribution in [0.2, 0.25) is 0 Å². The lowest BCUT2D eigenvalue weighted by Crippen LogP contribution is -2.45. The van der Waals surface area contributed by atoms with E-state index in [-0.39, 0.29) is 32.0 Å². The minimum Gasteiger partial charge on any atom is -0.465 e. The molecule has 4 atom stereocenters. The van der Waals surface area contributed by atoms with Crippen molar-refractivity contribution < 1.29 is 28.9 Å². The number of aliphatic hydroxyl groups is 1. The Bertz CT molecular complexity index is 1150. The SMILES string of the molecule is CCOC(=O)CNC(=O)Nc1ccc([C@@H]2O[C@H](CN3CCC[C@H]3CN3CCCC3)C[C@H](c3ccc(CO)cc3)O2)cc1. The maximum atomic E-state index is 12.2. The van der Waals surface area contributed by atoms with E-state index in [1.54, 1.807) is 19.1 Å². The fourth-order valence-electron chi connectivity index (χ4n) is 6.16. The number of nitrogens with one attached hydrogen (secondary N) is 2. The third-order valence-corrected chi connectivity index (χ3v) is 8.36. The molecule has 0 aromatic heterocycles. The summed E-state index contributed by atoms with van der Waals surface area (Å²) in [5.74, 6) is -0.485. The smallest absolute Gasteiger partial charge is 0.325 e. The zero-order valence-corrected chi connectivity index (χ0v) is 24.5. The number of nitrogens with zero attached hydrogens (tertiary/aromatic N) is 2. The average molecular weight is 581 g/mol. The van der Waals surface area contributed by atoms with Crippen molar-refractivity contribution in [3.63, 3.8) is 0 Å². The Morgan fingerprint density at radius 1 is 0.952 bits per heavy atom. The molecule has 3 saturated heterocycles. The summed E-state index contributed by atoms with van der Waals surface area (Å²) < 4.78 is 17.9. The molecule has 0 saturated carbocycles. The van der Waals surface area contributed by atoms with E-state index < -0.39 is 18.3 Å². The molecule has 0 spiro atoms. The summed E-state index contributed by atoms with van der Waals surface area (Å²) in [4.78, 5) is 28.9. The highest BCUT2D eigenvalue weighted by atomic mass is 16.7. The molecule has 10 nitrogen and oxygen atoms in total. The highest BCUT2D eigenvalue weighted by Crippen LogP contribution is 2.39. The summed E-state index contributed by atoms with van der Waals surface area (Å²) in [6.45, 7) is 7.32. The second-order valence-corrected chi connectivity index (χ2v) is 11.4. The van der Waals surface area contributed by atoms with Crippen LogP contribution in [0.5, 0.6) is 0 Å². The van der Waals surface area contributed by atoms with Crippen LogP contribution in [0.4, 0.5) is 10.5 Å². The van der Waals surface area contributed by atoms with Gasteiger partial charge >= 0.3 is 12.0 Å². The first-order valence-corrected chi connectivity index (χ1v) is 15.3. The van der Waals surface area contributed by atoms with Gasteiger partial charge in [0.25, 0.3) is 0 Å². The summed E-state index contributed by atoms with van der Waals surface area (Å²) in [5.41, 5.74) is 3.39. The number of hydrogen-bond donors (Lipinski definition) is 3. The van der Waals surface area contributed by atoms with Crippen LogP contribution in [0.3, 0.4) is 0 Å². The predicted octanol–water partition coefficient (Wildman–Crippen LogP) is 3.97. The van der Waals surface area contributed by atoms with Crippen molar-refractivity contribution in [2.75, 3.05) is 51.2 Å². The molecule has 2 aromatic carbocycles. The molecule has 2 amide bonds. The molecule has 5 rings (SSSR count). The first-order chi connectivity index (χ1) is 20.5. The van der Waals surface area contributed by atoms with E-state index in [2.05, 4.69) is 20.4 Å². The second-order valence-electron chi connectivity index (χ2n) is 11.4. The van der Waals surface area contributed by atoms with E-state index in [0.29, 0.717) is 11.7 Å². The molecule has 3 N–H and O–H groups in total. The molecule has 3 aliphatic rings. The highest BCUT2D eigenvalue weighted by molar-refractivity contribution is 5.91. The number of hydrogen-bond acceptors (Lipinski definition) is 8. The lowest BCUT2D eigenvalue weighted by molar-refractivity contribution is -0.253. The Hall–Kier alpha value is -3.02. The van der Waals surface area contributed by atoms with E-state index in [0.717, 1.165) is 42.7 Å². The zero-order valence-electron chi connectivity index (χ0n) is 24.5. The van der Waals surface area contributed by atoms with Crippen molar-refractivity contribution in [2.24, 2.45) is 0 Å². The van der Waals surface area contributed by atoms with Crippen molar-refractivity contribution in [3.05, 3.63) is 65.2 Å². The molecule has 2 aromatic rings. The van der Waals surface area contributed by atoms with Crippen LogP contribution in [0.15, 0.2) is 48.5 Å². The predicted molar refractivity (Wildman–Crippen MR) is 159 cm³/mol. The normalized spacial score (nSPS) is 24.9. The van der Waals surface area contributed by atoms with Gasteiger partial charge in [0, 0.05) is 36.8 Å². The van der Waals surface area contributed by atoms with Crippen molar-refractivity contribution in [1.29, 1.82) is 0 Å². The standard InChI is InChI=1S/C32H44N4O6/c1-2-40-30(38)19-33-32(39)34-26-13-11-25(12-14-26)31-41-28(18-29(42-31)24-9-7-23(22-37)8-10-24)21-36-17-5-6-27(36)20-35-15-3-4-16-35/h7-14,27-29,31,37H,2-6,15-22H2,1H3,(H2,33,34,39)/t27-,28-,29+,31+/m0/s1. The number of carbonyl (C=O) groups is 2. The van der Waals surface area contributed by atoms with Crippen LogP contribution in [-0.2, 0) is 25.6 Å². The van der Waals surface area contributed by atoms with Crippen LogP contribution in [-0.4, -0.2) is 84.9 Å². The summed E-state index contributed by atoms with van der Waals surface area (Å²) in [6, 6.07) is 15.4. The first-order valence-electron chi connectivity index (χ1n) is 15.3. The zero-order chi connectivity index (χ0) is 29.3. The van der Waals surface area contributed by atoms with Crippen molar-refractivity contribution in [3.8, 4) is 0 Å². The number of ether oxygens (including phenoxy) is 3. The molecule has 0 bridgehead atoms. The number of anilines is 1. The Labute approximate surface area is 248 Å². The number of likely N-dealkylation sites (tertiary alicyclic amines) is 2. The van der Waals surface area contributed by atoms with Gasteiger partial charge in [-0.3, -0.25) is 9.69 Å². The summed E-state index contributed by atoms with van der Waals surface area (Å²) >= 11 is 0. The van der Waals surface area contributed by atoms with Gasteiger partial charge in [0.1, 0.15) is 6.54 Å². The molecular weight excluding hydrogens is 536 g/mol. The van der Waals surface area contributed by atoms with Crippen LogP contribution >= 0.6 is 0 Å². The Kier molecular flexibility index (Phi) is 10.8.